The summed E-state index contributed by atoms with van der Waals surface area (Å²) in [4.78, 5) is 0. The summed E-state index contributed by atoms with van der Waals surface area (Å²) < 4.78 is 5.27. The van der Waals surface area contributed by atoms with Crippen molar-refractivity contribution in [2.75, 3.05) is 13.2 Å². The molecule has 70 valence electrons. The van der Waals surface area contributed by atoms with Gasteiger partial charge in [0, 0.05) is 5.41 Å². The van der Waals surface area contributed by atoms with Crippen LogP contribution < -0.4 is 0 Å². The first kappa shape index (κ1) is 9.99. The summed E-state index contributed by atoms with van der Waals surface area (Å²) >= 11 is 0. The van der Waals surface area contributed by atoms with Gasteiger partial charge in [0.25, 0.3) is 0 Å². The van der Waals surface area contributed by atoms with Gasteiger partial charge in [0.1, 0.15) is 7.85 Å². The smallest absolute Gasteiger partial charge is 0.142 e. The molecule has 1 heterocycles. The minimum absolute atomic E-state index is 0.168. The van der Waals surface area contributed by atoms with Gasteiger partial charge in [-0.3, -0.25) is 0 Å². The first-order valence-corrected chi connectivity index (χ1v) is 4.11. The van der Waals surface area contributed by atoms with Crippen LogP contribution in [0.25, 0.3) is 0 Å². The van der Waals surface area contributed by atoms with E-state index in [2.05, 4.69) is 0 Å². The Labute approximate surface area is 72.6 Å². The summed E-state index contributed by atoms with van der Waals surface area (Å²) in [6.45, 7) is 1.37. The van der Waals surface area contributed by atoms with Gasteiger partial charge in [-0.25, -0.2) is 0 Å². The van der Waals surface area contributed by atoms with Crippen molar-refractivity contribution in [1.29, 1.82) is 0 Å². The van der Waals surface area contributed by atoms with E-state index < -0.39 is 17.6 Å². The second kappa shape index (κ2) is 3.34. The highest BCUT2D eigenvalue weighted by Gasteiger charge is 2.50. The van der Waals surface area contributed by atoms with Crippen molar-refractivity contribution in [3.05, 3.63) is 0 Å². The van der Waals surface area contributed by atoms with Crippen molar-refractivity contribution >= 4 is 7.85 Å². The molecule has 0 saturated carbocycles. The maximum atomic E-state index is 9.62. The van der Waals surface area contributed by atoms with Crippen molar-refractivity contribution in [3.63, 3.8) is 0 Å². The Morgan fingerprint density at radius 3 is 2.42 bits per heavy atom. The molecule has 0 spiro atoms. The number of ether oxygens (including phenoxy) is 1. The molecule has 0 aromatic heterocycles. The quantitative estimate of drug-likeness (QED) is 0.411. The monoisotopic (exact) mass is 174 g/mol. The van der Waals surface area contributed by atoms with E-state index in [1.807, 2.05) is 0 Å². The lowest BCUT2D eigenvalue weighted by molar-refractivity contribution is -0.0300. The van der Waals surface area contributed by atoms with Crippen LogP contribution in [0, 0.1) is 5.41 Å². The Balaban J connectivity index is 2.80. The lowest BCUT2D eigenvalue weighted by Gasteiger charge is -2.29. The zero-order valence-corrected chi connectivity index (χ0v) is 7.40. The van der Waals surface area contributed by atoms with Crippen LogP contribution in [0.5, 0.6) is 0 Å². The van der Waals surface area contributed by atoms with Gasteiger partial charge < -0.3 is 20.1 Å². The standard InChI is InChI=1S/C7H15BO4/c1-7(3-10)4(2-9)12-6(8)5(7)11/h4-6,9-11H,2-3,8H2,1H3/t4?,5-,6?,7+/m0/s1. The summed E-state index contributed by atoms with van der Waals surface area (Å²) in [5.41, 5.74) is -0.728. The Bertz CT molecular complexity index is 165. The largest absolute Gasteiger partial charge is 0.396 e. The fourth-order valence-corrected chi connectivity index (χ4v) is 1.66. The van der Waals surface area contributed by atoms with Gasteiger partial charge >= 0.3 is 0 Å². The molecule has 0 amide bonds. The fourth-order valence-electron chi connectivity index (χ4n) is 1.66. The van der Waals surface area contributed by atoms with Crippen LogP contribution >= 0.6 is 0 Å². The zero-order chi connectivity index (χ0) is 9.35. The van der Waals surface area contributed by atoms with E-state index in [0.717, 1.165) is 0 Å². The molecule has 1 aliphatic rings. The summed E-state index contributed by atoms with van der Waals surface area (Å²) in [5, 5.41) is 27.6. The van der Waals surface area contributed by atoms with Crippen LogP contribution in [-0.2, 0) is 4.74 Å². The summed E-state index contributed by atoms with van der Waals surface area (Å²) in [7, 11) is 1.73. The van der Waals surface area contributed by atoms with E-state index in [0.29, 0.717) is 0 Å². The van der Waals surface area contributed by atoms with Crippen molar-refractivity contribution in [2.24, 2.45) is 5.41 Å². The third kappa shape index (κ3) is 1.27. The number of hydrogen-bond acceptors (Lipinski definition) is 4. The molecule has 1 fully saturated rings. The molecule has 5 heteroatoms. The number of aliphatic hydroxyl groups is 3. The van der Waals surface area contributed by atoms with Gasteiger partial charge in [-0.15, -0.1) is 0 Å². The van der Waals surface area contributed by atoms with E-state index in [9.17, 15) is 5.11 Å². The molecule has 3 N–H and O–H groups in total. The molecule has 4 atom stereocenters. The average Bonchev–Trinajstić information content (AvgIpc) is 2.30. The SMILES string of the molecule is BC1OC(CO)[C@@](C)(CO)[C@H]1O. The molecule has 1 saturated heterocycles. The first-order valence-electron chi connectivity index (χ1n) is 4.11. The summed E-state index contributed by atoms with van der Waals surface area (Å²) in [5.74, 6) is 0. The highest BCUT2D eigenvalue weighted by atomic mass is 16.5. The Kier molecular flexibility index (Phi) is 2.78. The second-order valence-corrected chi connectivity index (χ2v) is 3.62. The van der Waals surface area contributed by atoms with Crippen LogP contribution in [0.2, 0.25) is 0 Å². The lowest BCUT2D eigenvalue weighted by Crippen LogP contribution is -2.43. The van der Waals surface area contributed by atoms with E-state index >= 15 is 0 Å². The zero-order valence-electron chi connectivity index (χ0n) is 7.40. The van der Waals surface area contributed by atoms with Gasteiger partial charge in [-0.2, -0.15) is 0 Å². The average molecular weight is 174 g/mol. The molecule has 0 aliphatic carbocycles. The highest BCUT2D eigenvalue weighted by molar-refractivity contribution is 6.11. The topological polar surface area (TPSA) is 69.9 Å². The van der Waals surface area contributed by atoms with Crippen molar-refractivity contribution in [3.8, 4) is 0 Å². The molecule has 1 aliphatic heterocycles. The van der Waals surface area contributed by atoms with Gasteiger partial charge in [0.15, 0.2) is 0 Å². The van der Waals surface area contributed by atoms with Crippen LogP contribution in [0.15, 0.2) is 0 Å². The predicted molar refractivity (Wildman–Crippen MR) is 45.5 cm³/mol. The second-order valence-electron chi connectivity index (χ2n) is 3.62. The number of hydrogen-bond donors (Lipinski definition) is 3. The van der Waals surface area contributed by atoms with Crippen LogP contribution in [0.4, 0.5) is 0 Å². The van der Waals surface area contributed by atoms with Crippen molar-refractivity contribution < 1.29 is 20.1 Å². The molecule has 2 unspecified atom stereocenters. The van der Waals surface area contributed by atoms with Crippen LogP contribution in [0.3, 0.4) is 0 Å². The molecule has 4 nitrogen and oxygen atoms in total. The van der Waals surface area contributed by atoms with Crippen molar-refractivity contribution in [1.82, 2.24) is 0 Å². The minimum atomic E-state index is -0.728. The first-order chi connectivity index (χ1) is 5.56. The molecule has 0 aromatic carbocycles. The summed E-state index contributed by atoms with van der Waals surface area (Å²) in [6, 6.07) is -0.320. The molecular formula is C7H15BO4. The normalized spacial score (nSPS) is 48.2. The summed E-state index contributed by atoms with van der Waals surface area (Å²) in [6.07, 6.45) is -1.17. The van der Waals surface area contributed by atoms with E-state index in [4.69, 9.17) is 14.9 Å². The number of aliphatic hydroxyl groups excluding tert-OH is 3. The molecule has 0 radical (unpaired) electrons. The van der Waals surface area contributed by atoms with Crippen molar-refractivity contribution in [2.45, 2.75) is 25.1 Å². The highest BCUT2D eigenvalue weighted by Crippen LogP contribution is 2.36. The van der Waals surface area contributed by atoms with Gasteiger partial charge in [0.2, 0.25) is 0 Å². The fraction of sp³-hybridized carbons (Fsp3) is 1.00. The minimum Gasteiger partial charge on any atom is -0.396 e. The third-order valence-electron chi connectivity index (χ3n) is 2.74. The maximum absolute atomic E-state index is 9.62. The molecular weight excluding hydrogens is 159 g/mol. The molecule has 12 heavy (non-hydrogen) atoms. The molecule has 0 aromatic rings. The maximum Gasteiger partial charge on any atom is 0.142 e. The van der Waals surface area contributed by atoms with Gasteiger partial charge in [-0.1, -0.05) is 6.92 Å². The molecule has 1 rings (SSSR count). The Morgan fingerprint density at radius 2 is 2.08 bits per heavy atom. The Hall–Kier alpha value is -0.0951. The van der Waals surface area contributed by atoms with Crippen LogP contribution in [-0.4, -0.2) is 54.6 Å². The van der Waals surface area contributed by atoms with E-state index in [-0.39, 0.29) is 19.2 Å². The Morgan fingerprint density at radius 1 is 1.50 bits per heavy atom. The van der Waals surface area contributed by atoms with E-state index in [1.165, 1.54) is 0 Å². The van der Waals surface area contributed by atoms with Gasteiger partial charge in [0.05, 0.1) is 31.4 Å². The van der Waals surface area contributed by atoms with E-state index in [1.54, 1.807) is 14.8 Å². The molecule has 0 bridgehead atoms. The lowest BCUT2D eigenvalue weighted by atomic mass is 9.76. The van der Waals surface area contributed by atoms with Crippen LogP contribution in [0.1, 0.15) is 6.92 Å². The van der Waals surface area contributed by atoms with Gasteiger partial charge in [-0.05, 0) is 0 Å². The predicted octanol–water partition coefficient (Wildman–Crippen LogP) is -2.30. The number of rotatable bonds is 2. The third-order valence-corrected chi connectivity index (χ3v) is 2.74.